The van der Waals surface area contributed by atoms with Gasteiger partial charge in [-0.2, -0.15) is 0 Å². The van der Waals surface area contributed by atoms with Crippen molar-refractivity contribution in [3.05, 3.63) is 84.1 Å². The second-order valence-corrected chi connectivity index (χ2v) is 5.38. The molecule has 0 fully saturated rings. The van der Waals surface area contributed by atoms with E-state index in [1.54, 1.807) is 36.4 Å². The standard InChI is InChI=1S/C21H22N2O3/c1-3-14-22-21(25)19(23-20(24)17-8-6-5-7-9-17)15-16-10-12-18(13-11-16)26-4-2/h3,5-13,15H,1,4,14H2,2H3,(H,22,25)(H,23,24)/b19-15-. The summed E-state index contributed by atoms with van der Waals surface area (Å²) in [6.45, 7) is 6.37. The average molecular weight is 350 g/mol. The lowest BCUT2D eigenvalue weighted by atomic mass is 10.1. The Labute approximate surface area is 153 Å². The molecule has 2 aromatic carbocycles. The summed E-state index contributed by atoms with van der Waals surface area (Å²) in [5.41, 5.74) is 1.40. The smallest absolute Gasteiger partial charge is 0.268 e. The zero-order chi connectivity index (χ0) is 18.8. The highest BCUT2D eigenvalue weighted by Crippen LogP contribution is 2.14. The quantitative estimate of drug-likeness (QED) is 0.568. The molecule has 5 heteroatoms. The number of carbonyl (C=O) groups is 2. The van der Waals surface area contributed by atoms with Gasteiger partial charge in [0.15, 0.2) is 0 Å². The molecule has 0 spiro atoms. The van der Waals surface area contributed by atoms with Crippen molar-refractivity contribution in [3.8, 4) is 5.75 Å². The molecule has 5 nitrogen and oxygen atoms in total. The van der Waals surface area contributed by atoms with Gasteiger partial charge in [-0.05, 0) is 42.8 Å². The predicted molar refractivity (Wildman–Crippen MR) is 103 cm³/mol. The van der Waals surface area contributed by atoms with E-state index in [2.05, 4.69) is 17.2 Å². The van der Waals surface area contributed by atoms with Crippen LogP contribution in [0.1, 0.15) is 22.8 Å². The lowest BCUT2D eigenvalue weighted by Gasteiger charge is -2.10. The molecule has 0 radical (unpaired) electrons. The Bertz CT molecular complexity index is 781. The van der Waals surface area contributed by atoms with Crippen molar-refractivity contribution in [3.63, 3.8) is 0 Å². The minimum atomic E-state index is -0.386. The van der Waals surface area contributed by atoms with Crippen LogP contribution in [0.15, 0.2) is 72.9 Å². The number of nitrogens with one attached hydrogen (secondary N) is 2. The molecule has 2 amide bonds. The molecule has 0 aliphatic heterocycles. The second kappa shape index (κ2) is 9.84. The van der Waals surface area contributed by atoms with Gasteiger partial charge in [-0.1, -0.05) is 36.4 Å². The normalized spacial score (nSPS) is 10.7. The zero-order valence-electron chi connectivity index (χ0n) is 14.7. The number of carbonyl (C=O) groups excluding carboxylic acids is 2. The lowest BCUT2D eigenvalue weighted by molar-refractivity contribution is -0.117. The van der Waals surface area contributed by atoms with Crippen molar-refractivity contribution in [2.24, 2.45) is 0 Å². The highest BCUT2D eigenvalue weighted by Gasteiger charge is 2.14. The Hall–Kier alpha value is -3.34. The first-order valence-electron chi connectivity index (χ1n) is 8.34. The molecule has 0 heterocycles. The van der Waals surface area contributed by atoms with E-state index in [4.69, 9.17) is 4.74 Å². The SMILES string of the molecule is C=CCNC(=O)/C(=C/c1ccc(OCC)cc1)NC(=O)c1ccccc1. The van der Waals surface area contributed by atoms with Gasteiger partial charge in [0.05, 0.1) is 6.61 Å². The molecule has 2 rings (SSSR count). The third kappa shape index (κ3) is 5.63. The maximum Gasteiger partial charge on any atom is 0.268 e. The van der Waals surface area contributed by atoms with Gasteiger partial charge in [0.25, 0.3) is 11.8 Å². The molecular weight excluding hydrogens is 328 g/mol. The molecule has 0 saturated carbocycles. The Balaban J connectivity index is 2.23. The molecule has 134 valence electrons. The van der Waals surface area contributed by atoms with E-state index >= 15 is 0 Å². The van der Waals surface area contributed by atoms with Crippen LogP contribution in [-0.2, 0) is 4.79 Å². The zero-order valence-corrected chi connectivity index (χ0v) is 14.7. The Morgan fingerprint density at radius 1 is 1.08 bits per heavy atom. The Kier molecular flexibility index (Phi) is 7.18. The first kappa shape index (κ1) is 19.0. The number of benzene rings is 2. The summed E-state index contributed by atoms with van der Waals surface area (Å²) in [6, 6.07) is 16.0. The van der Waals surface area contributed by atoms with Gasteiger partial charge in [0, 0.05) is 12.1 Å². The molecule has 0 bridgehead atoms. The van der Waals surface area contributed by atoms with Crippen molar-refractivity contribution >= 4 is 17.9 Å². The summed E-state index contributed by atoms with van der Waals surface area (Å²) < 4.78 is 5.41. The topological polar surface area (TPSA) is 67.4 Å². The lowest BCUT2D eigenvalue weighted by Crippen LogP contribution is -2.34. The van der Waals surface area contributed by atoms with Crippen LogP contribution in [0.25, 0.3) is 6.08 Å². The number of amides is 2. The van der Waals surface area contributed by atoms with E-state index in [0.29, 0.717) is 18.7 Å². The van der Waals surface area contributed by atoms with Crippen molar-refractivity contribution in [1.82, 2.24) is 10.6 Å². The Morgan fingerprint density at radius 3 is 2.38 bits per heavy atom. The van der Waals surface area contributed by atoms with E-state index in [-0.39, 0.29) is 17.5 Å². The van der Waals surface area contributed by atoms with Gasteiger partial charge in [-0.3, -0.25) is 9.59 Å². The average Bonchev–Trinajstić information content (AvgIpc) is 2.68. The minimum absolute atomic E-state index is 0.157. The molecule has 0 atom stereocenters. The fourth-order valence-electron chi connectivity index (χ4n) is 2.20. The van der Waals surface area contributed by atoms with Crippen molar-refractivity contribution in [1.29, 1.82) is 0 Å². The third-order valence-corrected chi connectivity index (χ3v) is 3.44. The third-order valence-electron chi connectivity index (χ3n) is 3.44. The highest BCUT2D eigenvalue weighted by molar-refractivity contribution is 6.05. The van der Waals surface area contributed by atoms with Gasteiger partial charge in [0.2, 0.25) is 0 Å². The van der Waals surface area contributed by atoms with Gasteiger partial charge < -0.3 is 15.4 Å². The first-order chi connectivity index (χ1) is 12.6. The van der Waals surface area contributed by atoms with Gasteiger partial charge >= 0.3 is 0 Å². The van der Waals surface area contributed by atoms with Crippen LogP contribution < -0.4 is 15.4 Å². The molecular formula is C21H22N2O3. The maximum atomic E-state index is 12.4. The molecule has 0 unspecified atom stereocenters. The number of rotatable bonds is 8. The van der Waals surface area contributed by atoms with Crippen molar-refractivity contribution in [2.45, 2.75) is 6.92 Å². The molecule has 2 N–H and O–H groups in total. The van der Waals surface area contributed by atoms with Gasteiger partial charge in [0.1, 0.15) is 11.4 Å². The van der Waals surface area contributed by atoms with Crippen LogP contribution in [0.5, 0.6) is 5.75 Å². The predicted octanol–water partition coefficient (Wildman–Crippen LogP) is 3.16. The van der Waals surface area contributed by atoms with E-state index in [1.165, 1.54) is 0 Å². The number of hydrogen-bond donors (Lipinski definition) is 2. The van der Waals surface area contributed by atoms with E-state index in [1.807, 2.05) is 37.3 Å². The largest absolute Gasteiger partial charge is 0.494 e. The first-order valence-corrected chi connectivity index (χ1v) is 8.34. The fraction of sp³-hybridized carbons (Fsp3) is 0.143. The van der Waals surface area contributed by atoms with E-state index in [9.17, 15) is 9.59 Å². The summed E-state index contributed by atoms with van der Waals surface area (Å²) in [6.07, 6.45) is 3.19. The molecule has 0 aliphatic rings. The van der Waals surface area contributed by atoms with Crippen molar-refractivity contribution < 1.29 is 14.3 Å². The minimum Gasteiger partial charge on any atom is -0.494 e. The molecule has 2 aromatic rings. The van der Waals surface area contributed by atoms with Crippen LogP contribution in [-0.4, -0.2) is 25.0 Å². The summed E-state index contributed by atoms with van der Waals surface area (Å²) in [7, 11) is 0. The van der Waals surface area contributed by atoms with Gasteiger partial charge in [-0.15, -0.1) is 6.58 Å². The highest BCUT2D eigenvalue weighted by atomic mass is 16.5. The summed E-state index contributed by atoms with van der Waals surface area (Å²) in [5.74, 6) is 0.00948. The van der Waals surface area contributed by atoms with Crippen LogP contribution in [0.2, 0.25) is 0 Å². The summed E-state index contributed by atoms with van der Waals surface area (Å²) in [4.78, 5) is 24.8. The molecule has 0 saturated heterocycles. The monoisotopic (exact) mass is 350 g/mol. The van der Waals surface area contributed by atoms with Gasteiger partial charge in [-0.25, -0.2) is 0 Å². The summed E-state index contributed by atoms with van der Waals surface area (Å²) in [5, 5.41) is 5.35. The van der Waals surface area contributed by atoms with Crippen molar-refractivity contribution in [2.75, 3.05) is 13.2 Å². The van der Waals surface area contributed by atoms with E-state index in [0.717, 1.165) is 11.3 Å². The van der Waals surface area contributed by atoms with E-state index < -0.39 is 0 Å². The fourth-order valence-corrected chi connectivity index (χ4v) is 2.20. The summed E-state index contributed by atoms with van der Waals surface area (Å²) >= 11 is 0. The van der Waals surface area contributed by atoms with Crippen LogP contribution >= 0.6 is 0 Å². The maximum absolute atomic E-state index is 12.4. The van der Waals surface area contributed by atoms with Crippen LogP contribution in [0.4, 0.5) is 0 Å². The molecule has 26 heavy (non-hydrogen) atoms. The second-order valence-electron chi connectivity index (χ2n) is 5.38. The number of hydrogen-bond acceptors (Lipinski definition) is 3. The van der Waals surface area contributed by atoms with Crippen LogP contribution in [0.3, 0.4) is 0 Å². The Morgan fingerprint density at radius 2 is 1.77 bits per heavy atom. The molecule has 0 aliphatic carbocycles. The molecule has 0 aromatic heterocycles. The number of ether oxygens (including phenoxy) is 1. The van der Waals surface area contributed by atoms with Crippen LogP contribution in [0, 0.1) is 0 Å².